The fourth-order valence-electron chi connectivity index (χ4n) is 1.76. The number of rotatable bonds is 2. The van der Waals surface area contributed by atoms with Gasteiger partial charge in [-0.3, -0.25) is 9.69 Å². The summed E-state index contributed by atoms with van der Waals surface area (Å²) >= 11 is 0. The maximum atomic E-state index is 11.4. The molecule has 1 fully saturated rings. The van der Waals surface area contributed by atoms with E-state index in [0.29, 0.717) is 6.54 Å². The minimum absolute atomic E-state index is 0.217. The van der Waals surface area contributed by atoms with Crippen molar-refractivity contribution in [2.75, 3.05) is 33.7 Å². The van der Waals surface area contributed by atoms with E-state index in [1.807, 2.05) is 27.9 Å². The van der Waals surface area contributed by atoms with Crippen LogP contribution in [0.3, 0.4) is 0 Å². The maximum absolute atomic E-state index is 11.4. The fraction of sp³-hybridized carbons (Fsp3) is 0.917. The van der Waals surface area contributed by atoms with Crippen molar-refractivity contribution in [3.63, 3.8) is 0 Å². The van der Waals surface area contributed by atoms with Crippen LogP contribution in [0.2, 0.25) is 0 Å². The Kier molecular flexibility index (Phi) is 7.39. The third kappa shape index (κ3) is 5.78. The number of carbonyl (C=O) groups excluding carboxylic acids is 1. The number of piperidine rings is 1. The lowest BCUT2D eigenvalue weighted by Gasteiger charge is -2.30. The second-order valence-electron chi connectivity index (χ2n) is 4.27. The van der Waals surface area contributed by atoms with Crippen molar-refractivity contribution in [1.29, 1.82) is 0 Å². The topological polar surface area (TPSA) is 23.6 Å². The Bertz CT molecular complexity index is 180. The molecule has 0 aromatic rings. The first-order valence-corrected chi connectivity index (χ1v) is 6.02. The first kappa shape index (κ1) is 14.4. The minimum atomic E-state index is 0.217. The highest BCUT2D eigenvalue weighted by atomic mass is 16.2. The Balaban J connectivity index is 0.000000921. The van der Waals surface area contributed by atoms with E-state index in [0.717, 1.165) is 19.0 Å². The second kappa shape index (κ2) is 7.69. The molecule has 1 atom stereocenters. The molecule has 1 aliphatic rings. The molecule has 1 amide bonds. The Morgan fingerprint density at radius 1 is 1.40 bits per heavy atom. The van der Waals surface area contributed by atoms with E-state index in [2.05, 4.69) is 11.8 Å². The normalized spacial score (nSPS) is 21.5. The van der Waals surface area contributed by atoms with Gasteiger partial charge < -0.3 is 4.90 Å². The number of likely N-dealkylation sites (tertiary alicyclic amines) is 1. The summed E-state index contributed by atoms with van der Waals surface area (Å²) in [7, 11) is 3.63. The molecule has 1 heterocycles. The molecule has 0 spiro atoms. The van der Waals surface area contributed by atoms with Gasteiger partial charge in [0.1, 0.15) is 0 Å². The summed E-state index contributed by atoms with van der Waals surface area (Å²) in [4.78, 5) is 15.3. The van der Waals surface area contributed by atoms with Crippen molar-refractivity contribution in [3.8, 4) is 0 Å². The molecule has 90 valence electrons. The lowest BCUT2D eigenvalue weighted by Crippen LogP contribution is -2.41. The summed E-state index contributed by atoms with van der Waals surface area (Å²) in [6.07, 6.45) is 2.55. The molecule has 3 nitrogen and oxygen atoms in total. The Morgan fingerprint density at radius 2 is 2.00 bits per heavy atom. The van der Waals surface area contributed by atoms with Crippen molar-refractivity contribution >= 4 is 5.91 Å². The van der Waals surface area contributed by atoms with E-state index in [-0.39, 0.29) is 5.91 Å². The van der Waals surface area contributed by atoms with Gasteiger partial charge in [-0.2, -0.15) is 0 Å². The first-order chi connectivity index (χ1) is 7.09. The summed E-state index contributed by atoms with van der Waals surface area (Å²) in [5, 5.41) is 0. The zero-order valence-corrected chi connectivity index (χ0v) is 10.9. The second-order valence-corrected chi connectivity index (χ2v) is 4.27. The highest BCUT2D eigenvalue weighted by molar-refractivity contribution is 5.77. The smallest absolute Gasteiger partial charge is 0.236 e. The van der Waals surface area contributed by atoms with Gasteiger partial charge in [0, 0.05) is 20.6 Å². The van der Waals surface area contributed by atoms with E-state index in [9.17, 15) is 4.79 Å². The number of hydrogen-bond donors (Lipinski definition) is 0. The predicted octanol–water partition coefficient (Wildman–Crippen LogP) is 1.83. The number of hydrogen-bond acceptors (Lipinski definition) is 2. The Morgan fingerprint density at radius 3 is 2.47 bits per heavy atom. The maximum Gasteiger partial charge on any atom is 0.236 e. The lowest BCUT2D eigenvalue weighted by atomic mass is 10.0. The Hall–Kier alpha value is -0.570. The molecule has 1 unspecified atom stereocenters. The van der Waals surface area contributed by atoms with Crippen LogP contribution in [0.1, 0.15) is 33.6 Å². The minimum Gasteiger partial charge on any atom is -0.348 e. The van der Waals surface area contributed by atoms with Crippen LogP contribution in [0.15, 0.2) is 0 Å². The van der Waals surface area contributed by atoms with E-state index < -0.39 is 0 Å². The fourth-order valence-corrected chi connectivity index (χ4v) is 1.76. The third-order valence-electron chi connectivity index (χ3n) is 2.60. The molecular formula is C12H26N2O. The number of nitrogens with zero attached hydrogens (tertiary/aromatic N) is 2. The summed E-state index contributed by atoms with van der Waals surface area (Å²) < 4.78 is 0. The largest absolute Gasteiger partial charge is 0.348 e. The SMILES string of the molecule is CC.CC1CCCN(CC(=O)N(C)C)C1. The van der Waals surface area contributed by atoms with Crippen molar-refractivity contribution in [3.05, 3.63) is 0 Å². The summed E-state index contributed by atoms with van der Waals surface area (Å²) in [5.41, 5.74) is 0. The lowest BCUT2D eigenvalue weighted by molar-refractivity contribution is -0.130. The average Bonchev–Trinajstić information content (AvgIpc) is 2.20. The van der Waals surface area contributed by atoms with Crippen molar-refractivity contribution < 1.29 is 4.79 Å². The van der Waals surface area contributed by atoms with Crippen LogP contribution in [-0.2, 0) is 4.79 Å². The van der Waals surface area contributed by atoms with Gasteiger partial charge in [0.15, 0.2) is 0 Å². The van der Waals surface area contributed by atoms with Crippen LogP contribution in [-0.4, -0.2) is 49.4 Å². The first-order valence-electron chi connectivity index (χ1n) is 6.02. The Labute approximate surface area is 94.4 Å². The zero-order valence-electron chi connectivity index (χ0n) is 10.9. The quantitative estimate of drug-likeness (QED) is 0.700. The van der Waals surface area contributed by atoms with Gasteiger partial charge in [0.2, 0.25) is 5.91 Å². The summed E-state index contributed by atoms with van der Waals surface area (Å²) in [6.45, 7) is 9.02. The van der Waals surface area contributed by atoms with E-state index >= 15 is 0 Å². The molecular weight excluding hydrogens is 188 g/mol. The molecule has 15 heavy (non-hydrogen) atoms. The standard InChI is InChI=1S/C10H20N2O.C2H6/c1-9-5-4-6-12(7-9)8-10(13)11(2)3;1-2/h9H,4-8H2,1-3H3;1-2H3. The van der Waals surface area contributed by atoms with Crippen molar-refractivity contribution in [1.82, 2.24) is 9.80 Å². The highest BCUT2D eigenvalue weighted by Crippen LogP contribution is 2.14. The monoisotopic (exact) mass is 214 g/mol. The van der Waals surface area contributed by atoms with Crippen LogP contribution in [0.5, 0.6) is 0 Å². The van der Waals surface area contributed by atoms with E-state index in [1.165, 1.54) is 12.8 Å². The van der Waals surface area contributed by atoms with Gasteiger partial charge in [-0.25, -0.2) is 0 Å². The molecule has 0 aliphatic carbocycles. The predicted molar refractivity (Wildman–Crippen MR) is 64.9 cm³/mol. The number of amides is 1. The third-order valence-corrected chi connectivity index (χ3v) is 2.60. The molecule has 0 saturated carbocycles. The number of carbonyl (C=O) groups is 1. The van der Waals surface area contributed by atoms with Crippen LogP contribution in [0.4, 0.5) is 0 Å². The summed E-state index contributed by atoms with van der Waals surface area (Å²) in [6, 6.07) is 0. The molecule has 0 aromatic carbocycles. The summed E-state index contributed by atoms with van der Waals surface area (Å²) in [5.74, 6) is 0.970. The molecule has 1 aliphatic heterocycles. The van der Waals surface area contributed by atoms with Gasteiger partial charge in [-0.1, -0.05) is 20.8 Å². The van der Waals surface area contributed by atoms with Gasteiger partial charge in [0.05, 0.1) is 6.54 Å². The average molecular weight is 214 g/mol. The van der Waals surface area contributed by atoms with Gasteiger partial charge >= 0.3 is 0 Å². The van der Waals surface area contributed by atoms with Crippen LogP contribution < -0.4 is 0 Å². The molecule has 0 aromatic heterocycles. The van der Waals surface area contributed by atoms with Crippen molar-refractivity contribution in [2.24, 2.45) is 5.92 Å². The van der Waals surface area contributed by atoms with Crippen LogP contribution >= 0.6 is 0 Å². The van der Waals surface area contributed by atoms with Gasteiger partial charge in [0.25, 0.3) is 0 Å². The zero-order chi connectivity index (χ0) is 11.8. The molecule has 3 heteroatoms. The molecule has 0 radical (unpaired) electrons. The highest BCUT2D eigenvalue weighted by Gasteiger charge is 2.18. The van der Waals surface area contributed by atoms with E-state index in [1.54, 1.807) is 4.90 Å². The van der Waals surface area contributed by atoms with E-state index in [4.69, 9.17) is 0 Å². The van der Waals surface area contributed by atoms with Crippen molar-refractivity contribution in [2.45, 2.75) is 33.6 Å². The molecule has 1 rings (SSSR count). The molecule has 0 N–H and O–H groups in total. The molecule has 0 bridgehead atoms. The van der Waals surface area contributed by atoms with Gasteiger partial charge in [-0.05, 0) is 25.3 Å². The van der Waals surface area contributed by atoms with Crippen LogP contribution in [0.25, 0.3) is 0 Å². The molecule has 1 saturated heterocycles. The number of likely N-dealkylation sites (N-methyl/N-ethyl adjacent to an activating group) is 1. The van der Waals surface area contributed by atoms with Crippen LogP contribution in [0, 0.1) is 5.92 Å². The van der Waals surface area contributed by atoms with Gasteiger partial charge in [-0.15, -0.1) is 0 Å².